The number of carbonyl (C=O) groups is 4. The van der Waals surface area contributed by atoms with Gasteiger partial charge < -0.3 is 24.4 Å². The number of rotatable bonds is 6. The number of fused-ring (bicyclic) bond motifs is 5. The number of aromatic nitrogens is 1. The highest BCUT2D eigenvalue weighted by Crippen LogP contribution is 2.53. The van der Waals surface area contributed by atoms with Crippen LogP contribution in [0.4, 0.5) is 18.0 Å². The Bertz CT molecular complexity index is 2240. The molecule has 14 nitrogen and oxygen atoms in total. The van der Waals surface area contributed by atoms with Gasteiger partial charge in [-0.15, -0.1) is 0 Å². The predicted octanol–water partition coefficient (Wildman–Crippen LogP) is 5.14. The van der Waals surface area contributed by atoms with Gasteiger partial charge in [0.05, 0.1) is 29.6 Å². The molecule has 1 aromatic heterocycles. The molecule has 3 aliphatic carbocycles. The Hall–Kier alpha value is -4.61. The highest BCUT2D eigenvalue weighted by atomic mass is 32.2. The molecule has 1 saturated heterocycles. The van der Waals surface area contributed by atoms with E-state index in [0.29, 0.717) is 68.6 Å². The lowest BCUT2D eigenvalue weighted by atomic mass is 9.87. The molecule has 0 bridgehead atoms. The maximum absolute atomic E-state index is 15.0. The third-order valence-electron chi connectivity index (χ3n) is 13.4. The molecule has 1 spiro atoms. The van der Waals surface area contributed by atoms with Crippen molar-refractivity contribution >= 4 is 44.7 Å². The molecule has 3 aliphatic heterocycles. The van der Waals surface area contributed by atoms with Crippen LogP contribution in [0.2, 0.25) is 0 Å². The first kappa shape index (κ1) is 41.1. The lowest BCUT2D eigenvalue weighted by molar-refractivity contribution is -0.219. The van der Waals surface area contributed by atoms with Gasteiger partial charge >= 0.3 is 12.3 Å². The fraction of sp³-hybridized carbons (Fsp3) is 0.634. The summed E-state index contributed by atoms with van der Waals surface area (Å²) in [5.74, 6) is -1.68. The molecule has 1 aromatic carbocycles. The number of amides is 4. The Balaban J connectivity index is 1.15. The summed E-state index contributed by atoms with van der Waals surface area (Å²) in [5.41, 5.74) is -3.17. The van der Waals surface area contributed by atoms with E-state index in [1.165, 1.54) is 11.9 Å². The average molecular weight is 846 g/mol. The van der Waals surface area contributed by atoms with Gasteiger partial charge in [-0.3, -0.25) is 24.0 Å². The van der Waals surface area contributed by atoms with E-state index in [1.54, 1.807) is 27.0 Å². The predicted molar refractivity (Wildman–Crippen MR) is 207 cm³/mol. The van der Waals surface area contributed by atoms with Crippen molar-refractivity contribution in [2.24, 2.45) is 5.92 Å². The van der Waals surface area contributed by atoms with Crippen LogP contribution in [0.5, 0.6) is 11.5 Å². The summed E-state index contributed by atoms with van der Waals surface area (Å²) in [6, 6.07) is 2.96. The second-order valence-electron chi connectivity index (χ2n) is 17.6. The molecule has 0 radical (unpaired) electrons. The van der Waals surface area contributed by atoms with Crippen LogP contribution in [0.25, 0.3) is 10.9 Å². The van der Waals surface area contributed by atoms with Crippen LogP contribution in [0.1, 0.15) is 95.2 Å². The molecule has 320 valence electrons. The zero-order valence-electron chi connectivity index (χ0n) is 33.6. The molecule has 0 unspecified atom stereocenters. The molecule has 2 aromatic rings. The highest BCUT2D eigenvalue weighted by Gasteiger charge is 2.68. The van der Waals surface area contributed by atoms with Gasteiger partial charge in [0, 0.05) is 43.2 Å². The zero-order chi connectivity index (χ0) is 42.3. The molecule has 4 amide bonds. The van der Waals surface area contributed by atoms with Gasteiger partial charge in [0.25, 0.3) is 5.91 Å². The summed E-state index contributed by atoms with van der Waals surface area (Å²) in [6.45, 7) is 3.23. The summed E-state index contributed by atoms with van der Waals surface area (Å²) in [6.07, 6.45) is 0.877. The maximum Gasteiger partial charge on any atom is 0.428 e. The van der Waals surface area contributed by atoms with E-state index < -0.39 is 79.5 Å². The normalized spacial score (nSPS) is 30.3. The Morgan fingerprint density at radius 1 is 1.08 bits per heavy atom. The average Bonchev–Trinajstić information content (AvgIpc) is 4.14. The molecular weight excluding hydrogens is 796 g/mol. The lowest BCUT2D eigenvalue weighted by Gasteiger charge is -2.37. The summed E-state index contributed by atoms with van der Waals surface area (Å²) in [7, 11) is -1.28. The van der Waals surface area contributed by atoms with Gasteiger partial charge in [-0.1, -0.05) is 25.0 Å². The molecule has 5 atom stereocenters. The number of pyridine rings is 1. The summed E-state index contributed by atoms with van der Waals surface area (Å²) in [4.78, 5) is 64.1. The van der Waals surface area contributed by atoms with Gasteiger partial charge in [0.1, 0.15) is 34.7 Å². The van der Waals surface area contributed by atoms with E-state index >= 15 is 0 Å². The van der Waals surface area contributed by atoms with Crippen molar-refractivity contribution in [1.29, 1.82) is 0 Å². The van der Waals surface area contributed by atoms with E-state index in [0.717, 1.165) is 21.4 Å². The standard InChI is InChI=1S/C41H50F3N5O9S/c1-24-32-27(28-20-26(56-4)12-13-29(28)45-24)14-15-38(57-32)22-31-33(50)46-40(35(52)47-59(54,55)37(2)16-17-37)21-25(40)10-8-6-5-7-9-11-30(34(51)49(31)23-38)48(3)36(53)58-39(18-19-39)41(42,43)44/h8,10,12-13,20,25,30-31H,5-7,9,11,14-19,21-23H2,1-4H3,(H,46,50)(H,47,52)/b10-8-/t25-,30+,31+,38-,40-/m1/s1. The van der Waals surface area contributed by atoms with Crippen molar-refractivity contribution in [2.75, 3.05) is 20.7 Å². The van der Waals surface area contributed by atoms with E-state index in [2.05, 4.69) is 10.0 Å². The van der Waals surface area contributed by atoms with Gasteiger partial charge in [0.15, 0.2) is 0 Å². The van der Waals surface area contributed by atoms with Crippen molar-refractivity contribution < 1.29 is 55.0 Å². The minimum absolute atomic E-state index is 0.0355. The van der Waals surface area contributed by atoms with E-state index in [4.69, 9.17) is 19.2 Å². The number of hydrogen-bond acceptors (Lipinski definition) is 10. The Morgan fingerprint density at radius 2 is 1.83 bits per heavy atom. The first-order valence-electron chi connectivity index (χ1n) is 20.3. The van der Waals surface area contributed by atoms with Crippen LogP contribution in [-0.4, -0.2) is 107 Å². The number of likely N-dealkylation sites (N-methyl/N-ethyl adjacent to an activating group) is 1. The third kappa shape index (κ3) is 7.26. The van der Waals surface area contributed by atoms with Crippen molar-refractivity contribution in [2.45, 2.75) is 137 Å². The molecule has 18 heteroatoms. The van der Waals surface area contributed by atoms with E-state index in [-0.39, 0.29) is 38.6 Å². The number of allylic oxidation sites excluding steroid dienone is 1. The largest absolute Gasteiger partial charge is 0.497 e. The molecule has 4 heterocycles. The molecule has 59 heavy (non-hydrogen) atoms. The van der Waals surface area contributed by atoms with Crippen molar-refractivity contribution in [1.82, 2.24) is 24.8 Å². The lowest BCUT2D eigenvalue weighted by Crippen LogP contribution is -2.59. The van der Waals surface area contributed by atoms with Crippen LogP contribution < -0.4 is 19.5 Å². The zero-order valence-corrected chi connectivity index (χ0v) is 34.4. The molecule has 4 fully saturated rings. The van der Waals surface area contributed by atoms with Gasteiger partial charge in [-0.25, -0.2) is 18.2 Å². The topological polar surface area (TPSA) is 174 Å². The van der Waals surface area contributed by atoms with Crippen LogP contribution in [0.15, 0.2) is 30.4 Å². The van der Waals surface area contributed by atoms with E-state index in [9.17, 15) is 40.8 Å². The number of halogens is 3. The number of benzene rings is 1. The van der Waals surface area contributed by atoms with Crippen molar-refractivity contribution in [3.05, 3.63) is 41.6 Å². The summed E-state index contributed by atoms with van der Waals surface area (Å²) in [5, 5.41) is 3.69. The number of alkyl halides is 3. The fourth-order valence-electron chi connectivity index (χ4n) is 8.93. The number of hydrogen-bond donors (Lipinski definition) is 2. The number of nitrogens with one attached hydrogen (secondary N) is 2. The maximum atomic E-state index is 15.0. The van der Waals surface area contributed by atoms with E-state index in [1.807, 2.05) is 24.3 Å². The quantitative estimate of drug-likeness (QED) is 0.371. The number of carbonyl (C=O) groups excluding carboxylic acids is 4. The number of nitrogens with zero attached hydrogens (tertiary/aromatic N) is 3. The first-order chi connectivity index (χ1) is 27.8. The fourth-order valence-corrected chi connectivity index (χ4v) is 10.2. The monoisotopic (exact) mass is 845 g/mol. The molecule has 3 saturated carbocycles. The number of ether oxygens (including phenoxy) is 3. The molecule has 8 rings (SSSR count). The molecule has 2 N–H and O–H groups in total. The summed E-state index contributed by atoms with van der Waals surface area (Å²) < 4.78 is 86.6. The van der Waals surface area contributed by atoms with Crippen LogP contribution >= 0.6 is 0 Å². The van der Waals surface area contributed by atoms with Crippen LogP contribution in [0.3, 0.4) is 0 Å². The van der Waals surface area contributed by atoms with Crippen LogP contribution in [-0.2, 0) is 35.6 Å². The van der Waals surface area contributed by atoms with Gasteiger partial charge in [-0.2, -0.15) is 13.2 Å². The SMILES string of the molecule is COc1ccc2nc(C)c3c(c2c1)CC[C@]1(C[C@H]2C(=O)N[C@]4(C(=O)NS(=O)(=O)C5(C)CC5)C[C@H]4/C=C\CCCCC[C@H](N(C)C(=O)OC4(C(F)(F)F)CC4)C(=O)N2C1)O3. The Labute approximate surface area is 340 Å². The minimum atomic E-state index is -4.79. The molecule has 6 aliphatic rings. The number of methoxy groups -OCH3 is 1. The second kappa shape index (κ2) is 14.3. The number of aryl methyl sites for hydroxylation is 2. The number of sulfonamides is 1. The third-order valence-corrected chi connectivity index (χ3v) is 15.6. The van der Waals surface area contributed by atoms with Crippen molar-refractivity contribution in [3.8, 4) is 11.5 Å². The van der Waals surface area contributed by atoms with Crippen molar-refractivity contribution in [3.63, 3.8) is 0 Å². The van der Waals surface area contributed by atoms with Gasteiger partial charge in [-0.05, 0) is 83.4 Å². The Morgan fingerprint density at radius 3 is 2.51 bits per heavy atom. The van der Waals surface area contributed by atoms with Crippen LogP contribution in [0, 0.1) is 12.8 Å². The second-order valence-corrected chi connectivity index (χ2v) is 19.8. The smallest absolute Gasteiger partial charge is 0.428 e. The summed E-state index contributed by atoms with van der Waals surface area (Å²) >= 11 is 0. The first-order valence-corrected chi connectivity index (χ1v) is 21.8. The Kier molecular flexibility index (Phi) is 9.94. The molecular formula is C41H50F3N5O9S. The minimum Gasteiger partial charge on any atom is -0.497 e. The highest BCUT2D eigenvalue weighted by molar-refractivity contribution is 7.91. The van der Waals surface area contributed by atoms with Gasteiger partial charge in [0.2, 0.25) is 27.4 Å².